The molecule has 13 rings (SSSR count). The first kappa shape index (κ1) is 32.3. The van der Waals surface area contributed by atoms with Crippen molar-refractivity contribution >= 4 is 119 Å². The third kappa shape index (κ3) is 4.34. The van der Waals surface area contributed by atoms with E-state index >= 15 is 0 Å². The maximum Gasteiger partial charge on any atom is 0.118 e. The highest BCUT2D eigenvalue weighted by molar-refractivity contribution is 7.25. The van der Waals surface area contributed by atoms with Crippen molar-refractivity contribution in [2.75, 3.05) is 0 Å². The second kappa shape index (κ2) is 12.1. The monoisotopic (exact) mass is 756 g/mol. The fourth-order valence-corrected chi connectivity index (χ4v) is 11.9. The summed E-state index contributed by atoms with van der Waals surface area (Å²) in [5, 5.41) is 18.0. The van der Waals surface area contributed by atoms with Crippen LogP contribution < -0.4 is 0 Å². The lowest BCUT2D eigenvalue weighted by Crippen LogP contribution is -2.31. The molecule has 0 fully saturated rings. The Morgan fingerprint density at radius 1 is 0.483 bits per heavy atom. The van der Waals surface area contributed by atoms with Gasteiger partial charge in [0.25, 0.3) is 0 Å². The van der Waals surface area contributed by atoms with Gasteiger partial charge in [-0.15, -0.1) is 11.3 Å². The maximum atomic E-state index is 5.84. The summed E-state index contributed by atoms with van der Waals surface area (Å²) in [6.45, 7) is 2.36. The molecule has 0 saturated heterocycles. The topological polar surface area (TPSA) is 17.3 Å². The highest BCUT2D eigenvalue weighted by Crippen LogP contribution is 2.51. The Bertz CT molecular complexity index is 3720. The third-order valence-electron chi connectivity index (χ3n) is 13.2. The van der Waals surface area contributed by atoms with Crippen LogP contribution in [0.5, 0.6) is 0 Å². The van der Waals surface area contributed by atoms with Crippen LogP contribution in [0, 0.1) is 5.92 Å². The first-order valence-electron chi connectivity index (χ1n) is 20.4. The van der Waals surface area contributed by atoms with Crippen LogP contribution in [0.3, 0.4) is 0 Å². The van der Waals surface area contributed by atoms with E-state index in [2.05, 4.69) is 187 Å². The van der Waals surface area contributed by atoms with Crippen molar-refractivity contribution in [1.82, 2.24) is 4.57 Å². The highest BCUT2D eigenvalue weighted by Gasteiger charge is 2.37. The van der Waals surface area contributed by atoms with Crippen LogP contribution in [0.25, 0.3) is 95.8 Å². The van der Waals surface area contributed by atoms with E-state index in [1.54, 1.807) is 0 Å². The zero-order valence-electron chi connectivity index (χ0n) is 31.9. The Kier molecular flexibility index (Phi) is 6.74. The maximum absolute atomic E-state index is 5.84. The van der Waals surface area contributed by atoms with E-state index in [4.69, 9.17) is 4.99 Å². The average Bonchev–Trinajstić information content (AvgIpc) is 3.84. The predicted octanol–water partition coefficient (Wildman–Crippen LogP) is 15.7. The Balaban J connectivity index is 1.18. The fourth-order valence-electron chi connectivity index (χ4n) is 10.7. The van der Waals surface area contributed by atoms with E-state index in [0.29, 0.717) is 0 Å². The largest absolute Gasteiger partial charge is 0.296 e. The average molecular weight is 757 g/mol. The molecule has 0 aliphatic carbocycles. The zero-order chi connectivity index (χ0) is 38.1. The Hall–Kier alpha value is -6.81. The molecule has 272 valence electrons. The van der Waals surface area contributed by atoms with E-state index in [1.165, 1.54) is 107 Å². The van der Waals surface area contributed by atoms with Gasteiger partial charge in [-0.1, -0.05) is 159 Å². The molecule has 0 amide bonds. The molecule has 10 aromatic carbocycles. The summed E-state index contributed by atoms with van der Waals surface area (Å²) in [6.07, 6.45) is 0.934. The molecule has 1 aliphatic heterocycles. The molecule has 0 radical (unpaired) electrons. The van der Waals surface area contributed by atoms with Crippen molar-refractivity contribution in [3.63, 3.8) is 0 Å². The second-order valence-electron chi connectivity index (χ2n) is 16.0. The number of fused-ring (bicyclic) bond motifs is 18. The second-order valence-corrected chi connectivity index (χ2v) is 17.1. The predicted molar refractivity (Wildman–Crippen MR) is 251 cm³/mol. The normalized spacial score (nSPS) is 15.8. The summed E-state index contributed by atoms with van der Waals surface area (Å²) in [7, 11) is 0. The lowest BCUT2D eigenvalue weighted by atomic mass is 9.74. The highest BCUT2D eigenvalue weighted by atomic mass is 32.1. The summed E-state index contributed by atoms with van der Waals surface area (Å²) >= 11 is 1.90. The summed E-state index contributed by atoms with van der Waals surface area (Å²) < 4.78 is 5.25. The number of nitrogens with zero attached hydrogens (tertiary/aromatic N) is 2. The molecule has 0 spiro atoms. The smallest absolute Gasteiger partial charge is 0.118 e. The first-order chi connectivity index (χ1) is 28.7. The molecule has 3 heteroatoms. The van der Waals surface area contributed by atoms with E-state index in [0.717, 1.165) is 17.9 Å². The number of rotatable bonds is 2. The van der Waals surface area contributed by atoms with Gasteiger partial charge < -0.3 is 0 Å². The molecule has 0 N–H and O–H groups in total. The van der Waals surface area contributed by atoms with Gasteiger partial charge in [-0.05, 0) is 84.9 Å². The van der Waals surface area contributed by atoms with Crippen molar-refractivity contribution < 1.29 is 0 Å². The van der Waals surface area contributed by atoms with E-state index in [9.17, 15) is 0 Å². The summed E-state index contributed by atoms with van der Waals surface area (Å²) in [5.74, 6) is 1.32. The van der Waals surface area contributed by atoms with Crippen molar-refractivity contribution in [1.29, 1.82) is 0 Å². The van der Waals surface area contributed by atoms with Crippen LogP contribution in [0.4, 0.5) is 5.69 Å². The fraction of sp³-hybridized carbons (Fsp3) is 0.0727. The SMILES string of the molecule is CCC1C(n2c3ccc4c5ccccc5c5ccccc5c4c3c3ccc4ccccc4c32)=Nc2ccc3ccccc3c2C1c1ccc2c(c1)sc1ccccc12. The van der Waals surface area contributed by atoms with Gasteiger partial charge in [-0.25, -0.2) is 4.99 Å². The number of aliphatic imine (C=N–C) groups is 1. The van der Waals surface area contributed by atoms with Gasteiger partial charge in [0, 0.05) is 53.6 Å². The van der Waals surface area contributed by atoms with Crippen LogP contribution in [0.2, 0.25) is 0 Å². The van der Waals surface area contributed by atoms with Crippen LogP contribution >= 0.6 is 11.3 Å². The summed E-state index contributed by atoms with van der Waals surface area (Å²) in [6, 6.07) is 65.8. The molecule has 58 heavy (non-hydrogen) atoms. The van der Waals surface area contributed by atoms with Crippen LogP contribution in [-0.2, 0) is 0 Å². The number of hydrogen-bond donors (Lipinski definition) is 0. The zero-order valence-corrected chi connectivity index (χ0v) is 32.7. The lowest BCUT2D eigenvalue weighted by molar-refractivity contribution is 0.569. The molecule has 2 unspecified atom stereocenters. The molecule has 2 aromatic heterocycles. The first-order valence-corrected chi connectivity index (χ1v) is 21.3. The number of hydrogen-bond acceptors (Lipinski definition) is 2. The van der Waals surface area contributed by atoms with E-state index in [-0.39, 0.29) is 11.8 Å². The molecule has 1 aliphatic rings. The lowest BCUT2D eigenvalue weighted by Gasteiger charge is -2.35. The van der Waals surface area contributed by atoms with Gasteiger partial charge in [0.1, 0.15) is 5.84 Å². The van der Waals surface area contributed by atoms with Crippen LogP contribution in [0.15, 0.2) is 181 Å². The van der Waals surface area contributed by atoms with Crippen LogP contribution in [0.1, 0.15) is 30.4 Å². The van der Waals surface area contributed by atoms with Crippen molar-refractivity contribution in [3.8, 4) is 0 Å². The van der Waals surface area contributed by atoms with Gasteiger partial charge in [0.15, 0.2) is 0 Å². The van der Waals surface area contributed by atoms with Gasteiger partial charge >= 0.3 is 0 Å². The number of thiophene rings is 1. The van der Waals surface area contributed by atoms with Gasteiger partial charge in [-0.3, -0.25) is 4.57 Å². The Morgan fingerprint density at radius 3 is 1.83 bits per heavy atom. The van der Waals surface area contributed by atoms with Gasteiger partial charge in [-0.2, -0.15) is 0 Å². The minimum absolute atomic E-state index is 0.0981. The van der Waals surface area contributed by atoms with E-state index in [1.807, 2.05) is 11.3 Å². The molecule has 12 aromatic rings. The van der Waals surface area contributed by atoms with Crippen molar-refractivity contribution in [3.05, 3.63) is 187 Å². The Morgan fingerprint density at radius 2 is 1.05 bits per heavy atom. The molecular weight excluding hydrogens is 721 g/mol. The standard InChI is InChI=1S/C55H36N2S/c1-2-35-50(34-24-26-42-41-20-11-12-22-48(41)58-49(42)31-34)52-36-15-5-3-13-32(36)25-29-46(52)56-55(35)57-47-30-28-44-40-19-8-7-17-38(40)39-18-9-10-21-43(39)51(44)53(47)45-27-23-33-14-4-6-16-37(33)54(45)57/h3-31,35,50H,2H2,1H3. The molecule has 3 heterocycles. The number of aromatic nitrogens is 1. The summed E-state index contributed by atoms with van der Waals surface area (Å²) in [4.78, 5) is 5.84. The van der Waals surface area contributed by atoms with E-state index < -0.39 is 0 Å². The van der Waals surface area contributed by atoms with Gasteiger partial charge in [0.05, 0.1) is 16.7 Å². The Labute approximate surface area is 338 Å². The summed E-state index contributed by atoms with van der Waals surface area (Å²) in [5.41, 5.74) is 6.19. The number of benzene rings is 10. The third-order valence-corrected chi connectivity index (χ3v) is 14.3. The minimum Gasteiger partial charge on any atom is -0.296 e. The quantitative estimate of drug-likeness (QED) is 0.156. The molecule has 0 bridgehead atoms. The van der Waals surface area contributed by atoms with Gasteiger partial charge in [0.2, 0.25) is 0 Å². The molecular formula is C55H36N2S. The van der Waals surface area contributed by atoms with Crippen LogP contribution in [-0.4, -0.2) is 10.4 Å². The molecule has 2 nitrogen and oxygen atoms in total. The van der Waals surface area contributed by atoms with Crippen molar-refractivity contribution in [2.24, 2.45) is 10.9 Å². The molecule has 2 atom stereocenters. The van der Waals surface area contributed by atoms with Crippen molar-refractivity contribution in [2.45, 2.75) is 19.3 Å². The minimum atomic E-state index is 0.0981. The molecule has 0 saturated carbocycles.